The number of carboxylic acids is 1. The van der Waals surface area contributed by atoms with E-state index in [4.69, 9.17) is 9.84 Å². The Kier molecular flexibility index (Phi) is 4.90. The molecule has 3 rings (SSSR count). The summed E-state index contributed by atoms with van der Waals surface area (Å²) < 4.78 is 7.10. The summed E-state index contributed by atoms with van der Waals surface area (Å²) in [6.07, 6.45) is 3.83. The van der Waals surface area contributed by atoms with Gasteiger partial charge in [0.1, 0.15) is 12.0 Å². The summed E-state index contributed by atoms with van der Waals surface area (Å²) in [4.78, 5) is 27.5. The van der Waals surface area contributed by atoms with E-state index in [1.54, 1.807) is 17.1 Å². The summed E-state index contributed by atoms with van der Waals surface area (Å²) in [5.74, 6) is -1.42. The van der Waals surface area contributed by atoms with Gasteiger partial charge in [-0.3, -0.25) is 9.59 Å². The van der Waals surface area contributed by atoms with Gasteiger partial charge in [-0.25, -0.2) is 4.98 Å². The first-order chi connectivity index (χ1) is 11.6. The van der Waals surface area contributed by atoms with Crippen LogP contribution in [0.1, 0.15) is 23.3 Å². The molecule has 1 aliphatic heterocycles. The molecule has 2 aromatic rings. The van der Waals surface area contributed by atoms with Gasteiger partial charge in [-0.05, 0) is 18.6 Å². The van der Waals surface area contributed by atoms with Crippen LogP contribution in [0, 0.1) is 5.92 Å². The molecule has 0 saturated carbocycles. The fourth-order valence-electron chi connectivity index (χ4n) is 2.84. The van der Waals surface area contributed by atoms with Crippen molar-refractivity contribution in [2.45, 2.75) is 18.9 Å². The van der Waals surface area contributed by atoms with Crippen LogP contribution in [0.5, 0.6) is 0 Å². The van der Waals surface area contributed by atoms with E-state index in [0.29, 0.717) is 25.3 Å². The normalized spacial score (nSPS) is 20.5. The number of carbonyl (C=O) groups excluding carboxylic acids is 1. The molecule has 1 amide bonds. The Bertz CT molecular complexity index is 714. The minimum atomic E-state index is -0.891. The Morgan fingerprint density at radius 1 is 1.33 bits per heavy atom. The standard InChI is InChI=1S/C17H19N3O4/c21-16(22)8-12-10-24-7-6-14(12)19-17(23)15-9-20(11-18-15)13-4-2-1-3-5-13/h1-5,9,11-12,14H,6-8,10H2,(H,19,23)(H,21,22). The number of benzene rings is 1. The van der Waals surface area contributed by atoms with Crippen LogP contribution in [0.4, 0.5) is 0 Å². The summed E-state index contributed by atoms with van der Waals surface area (Å²) in [6.45, 7) is 0.856. The number of aliphatic carboxylic acids is 1. The highest BCUT2D eigenvalue weighted by atomic mass is 16.5. The monoisotopic (exact) mass is 329 g/mol. The van der Waals surface area contributed by atoms with Gasteiger partial charge in [0.25, 0.3) is 5.91 Å². The number of rotatable bonds is 5. The van der Waals surface area contributed by atoms with E-state index in [0.717, 1.165) is 5.69 Å². The molecular weight excluding hydrogens is 310 g/mol. The summed E-state index contributed by atoms with van der Waals surface area (Å²) in [6, 6.07) is 9.36. The number of nitrogens with one attached hydrogen (secondary N) is 1. The molecule has 7 nitrogen and oxygen atoms in total. The second kappa shape index (κ2) is 7.27. The molecule has 2 N–H and O–H groups in total. The van der Waals surface area contributed by atoms with E-state index in [1.807, 2.05) is 30.3 Å². The van der Waals surface area contributed by atoms with Gasteiger partial charge in [-0.15, -0.1) is 0 Å². The molecule has 7 heteroatoms. The largest absolute Gasteiger partial charge is 0.481 e. The number of imidazole rings is 1. The number of nitrogens with zero attached hydrogens (tertiary/aromatic N) is 2. The zero-order chi connectivity index (χ0) is 16.9. The molecule has 0 bridgehead atoms. The molecule has 0 spiro atoms. The third-order valence-corrected chi connectivity index (χ3v) is 4.10. The van der Waals surface area contributed by atoms with E-state index in [2.05, 4.69) is 10.3 Å². The van der Waals surface area contributed by atoms with E-state index in [-0.39, 0.29) is 24.3 Å². The molecule has 126 valence electrons. The van der Waals surface area contributed by atoms with Crippen molar-refractivity contribution in [3.63, 3.8) is 0 Å². The van der Waals surface area contributed by atoms with Crippen molar-refractivity contribution in [3.05, 3.63) is 48.5 Å². The predicted molar refractivity (Wildman–Crippen MR) is 86.0 cm³/mol. The summed E-state index contributed by atoms with van der Waals surface area (Å²) in [5.41, 5.74) is 1.22. The Labute approximate surface area is 139 Å². The van der Waals surface area contributed by atoms with Crippen LogP contribution in [0.25, 0.3) is 5.69 Å². The van der Waals surface area contributed by atoms with Crippen molar-refractivity contribution in [2.75, 3.05) is 13.2 Å². The van der Waals surface area contributed by atoms with Crippen LogP contribution in [-0.2, 0) is 9.53 Å². The molecule has 1 fully saturated rings. The topological polar surface area (TPSA) is 93.5 Å². The first-order valence-corrected chi connectivity index (χ1v) is 7.83. The lowest BCUT2D eigenvalue weighted by Crippen LogP contribution is -2.46. The molecule has 2 unspecified atom stereocenters. The molecule has 1 saturated heterocycles. The zero-order valence-corrected chi connectivity index (χ0v) is 13.1. The molecule has 0 radical (unpaired) electrons. The maximum Gasteiger partial charge on any atom is 0.303 e. The van der Waals surface area contributed by atoms with Gasteiger partial charge < -0.3 is 19.7 Å². The Morgan fingerprint density at radius 2 is 2.12 bits per heavy atom. The zero-order valence-electron chi connectivity index (χ0n) is 13.1. The number of carboxylic acid groups (broad SMARTS) is 1. The van der Waals surface area contributed by atoms with Crippen LogP contribution in [-0.4, -0.2) is 45.8 Å². The average Bonchev–Trinajstić information content (AvgIpc) is 3.07. The van der Waals surface area contributed by atoms with Crippen LogP contribution in [0.2, 0.25) is 0 Å². The van der Waals surface area contributed by atoms with Crippen LogP contribution in [0.15, 0.2) is 42.9 Å². The van der Waals surface area contributed by atoms with E-state index < -0.39 is 5.97 Å². The van der Waals surface area contributed by atoms with Crippen molar-refractivity contribution in [3.8, 4) is 5.69 Å². The van der Waals surface area contributed by atoms with Gasteiger partial charge >= 0.3 is 5.97 Å². The summed E-state index contributed by atoms with van der Waals surface area (Å²) >= 11 is 0. The molecule has 2 atom stereocenters. The minimum absolute atomic E-state index is 0.0244. The molecule has 0 aliphatic carbocycles. The molecule has 24 heavy (non-hydrogen) atoms. The van der Waals surface area contributed by atoms with Crippen molar-refractivity contribution in [2.24, 2.45) is 5.92 Å². The van der Waals surface area contributed by atoms with E-state index in [1.165, 1.54) is 0 Å². The highest BCUT2D eigenvalue weighted by Crippen LogP contribution is 2.19. The van der Waals surface area contributed by atoms with Crippen LogP contribution >= 0.6 is 0 Å². The average molecular weight is 329 g/mol. The van der Waals surface area contributed by atoms with Gasteiger partial charge in [0, 0.05) is 30.5 Å². The molecular formula is C17H19N3O4. The van der Waals surface area contributed by atoms with Crippen molar-refractivity contribution < 1.29 is 19.4 Å². The van der Waals surface area contributed by atoms with E-state index >= 15 is 0 Å². The lowest BCUT2D eigenvalue weighted by atomic mass is 9.92. The highest BCUT2D eigenvalue weighted by Gasteiger charge is 2.29. The number of ether oxygens (including phenoxy) is 1. The van der Waals surface area contributed by atoms with Gasteiger partial charge in [0.05, 0.1) is 13.0 Å². The number of para-hydroxylation sites is 1. The second-order valence-electron chi connectivity index (χ2n) is 5.80. The van der Waals surface area contributed by atoms with E-state index in [9.17, 15) is 9.59 Å². The number of hydrogen-bond donors (Lipinski definition) is 2. The highest BCUT2D eigenvalue weighted by molar-refractivity contribution is 5.92. The minimum Gasteiger partial charge on any atom is -0.481 e. The third kappa shape index (κ3) is 3.80. The maximum absolute atomic E-state index is 12.4. The number of hydrogen-bond acceptors (Lipinski definition) is 4. The Balaban J connectivity index is 1.68. The van der Waals surface area contributed by atoms with Gasteiger partial charge in [-0.1, -0.05) is 18.2 Å². The van der Waals surface area contributed by atoms with Gasteiger partial charge in [0.15, 0.2) is 0 Å². The number of carbonyl (C=O) groups is 2. The smallest absolute Gasteiger partial charge is 0.303 e. The van der Waals surface area contributed by atoms with Gasteiger partial charge in [-0.2, -0.15) is 0 Å². The van der Waals surface area contributed by atoms with Crippen LogP contribution in [0.3, 0.4) is 0 Å². The Hall–Kier alpha value is -2.67. The SMILES string of the molecule is O=C(O)CC1COCCC1NC(=O)c1cn(-c2ccccc2)cn1. The molecule has 2 heterocycles. The molecule has 1 aromatic heterocycles. The lowest BCUT2D eigenvalue weighted by Gasteiger charge is -2.31. The van der Waals surface area contributed by atoms with Crippen LogP contribution < -0.4 is 5.32 Å². The van der Waals surface area contributed by atoms with Gasteiger partial charge in [0.2, 0.25) is 0 Å². The summed E-state index contributed by atoms with van der Waals surface area (Å²) in [5, 5.41) is 11.9. The Morgan fingerprint density at radius 3 is 2.88 bits per heavy atom. The summed E-state index contributed by atoms with van der Waals surface area (Å²) in [7, 11) is 0. The number of aromatic nitrogens is 2. The second-order valence-corrected chi connectivity index (χ2v) is 5.80. The fraction of sp³-hybridized carbons (Fsp3) is 0.353. The van der Waals surface area contributed by atoms with Crippen molar-refractivity contribution in [1.82, 2.24) is 14.9 Å². The lowest BCUT2D eigenvalue weighted by molar-refractivity contribution is -0.139. The molecule has 1 aromatic carbocycles. The molecule has 1 aliphatic rings. The first-order valence-electron chi connectivity index (χ1n) is 7.83. The maximum atomic E-state index is 12.4. The predicted octanol–water partition coefficient (Wildman–Crippen LogP) is 1.48. The van der Waals surface area contributed by atoms with Crippen molar-refractivity contribution >= 4 is 11.9 Å². The quantitative estimate of drug-likeness (QED) is 0.867. The fourth-order valence-corrected chi connectivity index (χ4v) is 2.84. The number of amides is 1. The van der Waals surface area contributed by atoms with Crippen molar-refractivity contribution in [1.29, 1.82) is 0 Å². The third-order valence-electron chi connectivity index (χ3n) is 4.10. The first kappa shape index (κ1) is 16.2.